The summed E-state index contributed by atoms with van der Waals surface area (Å²) in [5, 5.41) is 7.75. The predicted molar refractivity (Wildman–Crippen MR) is 120 cm³/mol. The monoisotopic (exact) mass is 435 g/mol. The second-order valence-electron chi connectivity index (χ2n) is 7.31. The number of amides is 1. The van der Waals surface area contributed by atoms with Crippen LogP contribution in [-0.4, -0.2) is 15.7 Å². The molecule has 2 aromatic heterocycles. The lowest BCUT2D eigenvalue weighted by Crippen LogP contribution is -2.10. The van der Waals surface area contributed by atoms with Crippen LogP contribution in [0.3, 0.4) is 0 Å². The number of benzene rings is 2. The van der Waals surface area contributed by atoms with Gasteiger partial charge in [-0.05, 0) is 66.9 Å². The smallest absolute Gasteiger partial charge is 0.291 e. The molecule has 0 aliphatic carbocycles. The Morgan fingerprint density at radius 1 is 1.13 bits per heavy atom. The summed E-state index contributed by atoms with van der Waals surface area (Å²) in [6.45, 7) is 4.89. The largest absolute Gasteiger partial charge is 0.486 e. The molecule has 1 N–H and O–H groups in total. The molecule has 4 aromatic rings. The van der Waals surface area contributed by atoms with Crippen molar-refractivity contribution < 1.29 is 13.9 Å². The van der Waals surface area contributed by atoms with E-state index in [0.717, 1.165) is 16.9 Å². The molecule has 0 saturated carbocycles. The van der Waals surface area contributed by atoms with Crippen molar-refractivity contribution in [3.63, 3.8) is 0 Å². The minimum atomic E-state index is -0.347. The lowest BCUT2D eigenvalue weighted by atomic mass is 10.1. The molecule has 2 aromatic carbocycles. The molecular weight excluding hydrogens is 414 g/mol. The number of hydrogen-bond donors (Lipinski definition) is 1. The van der Waals surface area contributed by atoms with Crippen LogP contribution in [0.15, 0.2) is 71.4 Å². The van der Waals surface area contributed by atoms with E-state index in [2.05, 4.69) is 17.3 Å². The summed E-state index contributed by atoms with van der Waals surface area (Å²) in [6, 6.07) is 16.8. The van der Waals surface area contributed by atoms with E-state index in [-0.39, 0.29) is 18.3 Å². The van der Waals surface area contributed by atoms with Gasteiger partial charge in [-0.1, -0.05) is 29.8 Å². The fourth-order valence-corrected chi connectivity index (χ4v) is 3.28. The molecule has 0 unspecified atom stereocenters. The van der Waals surface area contributed by atoms with E-state index in [9.17, 15) is 4.79 Å². The van der Waals surface area contributed by atoms with Crippen LogP contribution in [0.4, 0.5) is 5.69 Å². The van der Waals surface area contributed by atoms with E-state index in [1.54, 1.807) is 29.2 Å². The molecule has 0 fully saturated rings. The summed E-state index contributed by atoms with van der Waals surface area (Å²) in [4.78, 5) is 12.5. The predicted octanol–water partition coefficient (Wildman–Crippen LogP) is 5.63. The maximum absolute atomic E-state index is 12.5. The number of nitrogens with zero attached hydrogens (tertiary/aromatic N) is 2. The van der Waals surface area contributed by atoms with Crippen LogP contribution in [0, 0.1) is 13.8 Å². The van der Waals surface area contributed by atoms with Gasteiger partial charge in [0.05, 0.1) is 18.4 Å². The zero-order valence-electron chi connectivity index (χ0n) is 17.3. The molecule has 2 heterocycles. The van der Waals surface area contributed by atoms with E-state index in [0.29, 0.717) is 23.0 Å². The minimum absolute atomic E-state index is 0.210. The van der Waals surface area contributed by atoms with Crippen LogP contribution in [0.2, 0.25) is 5.02 Å². The molecule has 0 spiro atoms. The van der Waals surface area contributed by atoms with Gasteiger partial charge in [-0.25, -0.2) is 0 Å². The standard InChI is InChI=1S/C24H22ClN3O3/c1-16-6-7-21(10-17(16)2)30-15-22-8-9-23(31-22)24(29)27-20-12-26-28(14-20)13-18-4-3-5-19(25)11-18/h3-12,14H,13,15H2,1-2H3,(H,27,29). The Labute approximate surface area is 185 Å². The van der Waals surface area contributed by atoms with Crippen molar-refractivity contribution in [2.45, 2.75) is 27.0 Å². The SMILES string of the molecule is Cc1ccc(OCc2ccc(C(=O)Nc3cnn(Cc4cccc(Cl)c4)c3)o2)cc1C. The molecule has 6 nitrogen and oxygen atoms in total. The fourth-order valence-electron chi connectivity index (χ4n) is 3.07. The molecule has 0 radical (unpaired) electrons. The molecule has 158 valence electrons. The third-order valence-electron chi connectivity index (χ3n) is 4.87. The lowest BCUT2D eigenvalue weighted by Gasteiger charge is -2.06. The topological polar surface area (TPSA) is 69.3 Å². The first kappa shape index (κ1) is 20.8. The number of hydrogen-bond acceptors (Lipinski definition) is 4. The number of ether oxygens (including phenoxy) is 1. The van der Waals surface area contributed by atoms with E-state index in [1.807, 2.05) is 49.4 Å². The molecular formula is C24H22ClN3O3. The van der Waals surface area contributed by atoms with Gasteiger partial charge >= 0.3 is 0 Å². The highest BCUT2D eigenvalue weighted by molar-refractivity contribution is 6.30. The lowest BCUT2D eigenvalue weighted by molar-refractivity contribution is 0.0992. The molecule has 0 aliphatic rings. The second-order valence-corrected chi connectivity index (χ2v) is 7.75. The number of carbonyl (C=O) groups excluding carboxylic acids is 1. The molecule has 4 rings (SSSR count). The van der Waals surface area contributed by atoms with Crippen LogP contribution in [0.5, 0.6) is 5.75 Å². The third-order valence-corrected chi connectivity index (χ3v) is 5.10. The van der Waals surface area contributed by atoms with E-state index >= 15 is 0 Å². The van der Waals surface area contributed by atoms with Gasteiger partial charge in [0.1, 0.15) is 18.1 Å². The number of rotatable bonds is 7. The average Bonchev–Trinajstić information content (AvgIpc) is 3.38. The number of aromatic nitrogens is 2. The third kappa shape index (κ3) is 5.35. The summed E-state index contributed by atoms with van der Waals surface area (Å²) in [7, 11) is 0. The van der Waals surface area contributed by atoms with Crippen molar-refractivity contribution >= 4 is 23.2 Å². The fraction of sp³-hybridized carbons (Fsp3) is 0.167. The zero-order chi connectivity index (χ0) is 21.8. The van der Waals surface area contributed by atoms with Crippen molar-refractivity contribution in [1.82, 2.24) is 9.78 Å². The van der Waals surface area contributed by atoms with Gasteiger partial charge in [0, 0.05) is 11.2 Å². The number of halogens is 1. The number of aryl methyl sites for hydroxylation is 2. The van der Waals surface area contributed by atoms with Crippen LogP contribution in [0.1, 0.15) is 33.0 Å². The van der Waals surface area contributed by atoms with Crippen molar-refractivity contribution in [1.29, 1.82) is 0 Å². The average molecular weight is 436 g/mol. The Balaban J connectivity index is 1.33. The maximum Gasteiger partial charge on any atom is 0.291 e. The van der Waals surface area contributed by atoms with Gasteiger partial charge < -0.3 is 14.5 Å². The molecule has 0 bridgehead atoms. The van der Waals surface area contributed by atoms with Crippen LogP contribution >= 0.6 is 11.6 Å². The summed E-state index contributed by atoms with van der Waals surface area (Å²) >= 11 is 6.02. The summed E-state index contributed by atoms with van der Waals surface area (Å²) < 4.78 is 13.1. The Hall–Kier alpha value is -3.51. The van der Waals surface area contributed by atoms with Crippen LogP contribution in [0.25, 0.3) is 0 Å². The summed E-state index contributed by atoms with van der Waals surface area (Å²) in [5.41, 5.74) is 3.97. The highest BCUT2D eigenvalue weighted by Crippen LogP contribution is 2.19. The first-order valence-electron chi connectivity index (χ1n) is 9.83. The van der Waals surface area contributed by atoms with E-state index in [4.69, 9.17) is 20.8 Å². The summed E-state index contributed by atoms with van der Waals surface area (Å²) in [6.07, 6.45) is 3.35. The summed E-state index contributed by atoms with van der Waals surface area (Å²) in [5.74, 6) is 1.19. The number of anilines is 1. The van der Waals surface area contributed by atoms with Gasteiger partial charge in [0.2, 0.25) is 0 Å². The zero-order valence-corrected chi connectivity index (χ0v) is 18.0. The number of nitrogens with one attached hydrogen (secondary N) is 1. The van der Waals surface area contributed by atoms with Gasteiger partial charge in [-0.3, -0.25) is 9.48 Å². The Bertz CT molecular complexity index is 1210. The highest BCUT2D eigenvalue weighted by Gasteiger charge is 2.13. The second kappa shape index (κ2) is 9.10. The van der Waals surface area contributed by atoms with Gasteiger partial charge in [-0.15, -0.1) is 0 Å². The molecule has 1 amide bonds. The Morgan fingerprint density at radius 3 is 2.81 bits per heavy atom. The van der Waals surface area contributed by atoms with Gasteiger partial charge in [0.15, 0.2) is 5.76 Å². The number of furan rings is 1. The quantitative estimate of drug-likeness (QED) is 0.408. The number of carbonyl (C=O) groups is 1. The van der Waals surface area contributed by atoms with Crippen molar-refractivity contribution in [3.8, 4) is 5.75 Å². The van der Waals surface area contributed by atoms with Crippen molar-refractivity contribution in [2.24, 2.45) is 0 Å². The van der Waals surface area contributed by atoms with Gasteiger partial charge in [-0.2, -0.15) is 5.10 Å². The highest BCUT2D eigenvalue weighted by atomic mass is 35.5. The Morgan fingerprint density at radius 2 is 2.00 bits per heavy atom. The van der Waals surface area contributed by atoms with E-state index in [1.165, 1.54) is 5.56 Å². The van der Waals surface area contributed by atoms with E-state index < -0.39 is 0 Å². The maximum atomic E-state index is 12.5. The van der Waals surface area contributed by atoms with Gasteiger partial charge in [0.25, 0.3) is 5.91 Å². The Kier molecular flexibility index (Phi) is 6.09. The first-order chi connectivity index (χ1) is 15.0. The molecule has 31 heavy (non-hydrogen) atoms. The van der Waals surface area contributed by atoms with Crippen molar-refractivity contribution in [2.75, 3.05) is 5.32 Å². The van der Waals surface area contributed by atoms with Crippen molar-refractivity contribution in [3.05, 3.63) is 100 Å². The van der Waals surface area contributed by atoms with Crippen LogP contribution < -0.4 is 10.1 Å². The minimum Gasteiger partial charge on any atom is -0.486 e. The normalized spacial score (nSPS) is 10.8. The van der Waals surface area contributed by atoms with Crippen LogP contribution in [-0.2, 0) is 13.2 Å². The molecule has 0 atom stereocenters. The molecule has 7 heteroatoms. The molecule has 0 saturated heterocycles. The molecule has 0 aliphatic heterocycles. The first-order valence-corrected chi connectivity index (χ1v) is 10.2.